The molecule has 4 rings (SSSR count). The third-order valence-corrected chi connectivity index (χ3v) is 4.34. The number of pyridine rings is 1. The van der Waals surface area contributed by atoms with Gasteiger partial charge >= 0.3 is 0 Å². The normalized spacial score (nSPS) is 11.1. The average molecular weight is 317 g/mol. The van der Waals surface area contributed by atoms with E-state index in [1.165, 1.54) is 12.1 Å². The molecule has 0 saturated carbocycles. The maximum atomic E-state index is 13.7. The molecule has 0 radical (unpaired) electrons. The largest absolute Gasteiger partial charge is 0.456 e. The van der Waals surface area contributed by atoms with Gasteiger partial charge in [-0.25, -0.2) is 8.96 Å². The van der Waals surface area contributed by atoms with Gasteiger partial charge in [0.2, 0.25) is 5.69 Å². The van der Waals surface area contributed by atoms with E-state index in [4.69, 9.17) is 4.42 Å². The van der Waals surface area contributed by atoms with Gasteiger partial charge in [-0.05, 0) is 42.8 Å². The summed E-state index contributed by atoms with van der Waals surface area (Å²) in [5, 5.41) is 11.1. The highest BCUT2D eigenvalue weighted by Crippen LogP contribution is 2.37. The summed E-state index contributed by atoms with van der Waals surface area (Å²) in [6.07, 6.45) is 1.94. The van der Waals surface area contributed by atoms with Gasteiger partial charge in [-0.2, -0.15) is 5.26 Å². The number of hydrogen-bond donors (Lipinski definition) is 0. The highest BCUT2D eigenvalue weighted by Gasteiger charge is 2.22. The molecule has 2 aromatic heterocycles. The molecule has 0 N–H and O–H groups in total. The first-order valence-electron chi connectivity index (χ1n) is 7.60. The van der Waals surface area contributed by atoms with Crippen molar-refractivity contribution >= 4 is 21.9 Å². The van der Waals surface area contributed by atoms with Crippen molar-refractivity contribution < 1.29 is 13.4 Å². The number of rotatable bonds is 1. The Labute approximate surface area is 138 Å². The SMILES string of the molecule is Cc1cc2oc3ccc(F)cc3c2c(C#N)c1-c1cccc[n+]1C. The maximum Gasteiger partial charge on any atom is 0.213 e. The van der Waals surface area contributed by atoms with Crippen LogP contribution in [0.1, 0.15) is 11.1 Å². The molecular formula is C20H14FN2O+. The summed E-state index contributed by atoms with van der Waals surface area (Å²) in [5.41, 5.74) is 4.42. The van der Waals surface area contributed by atoms with E-state index < -0.39 is 0 Å². The second-order valence-corrected chi connectivity index (χ2v) is 5.87. The van der Waals surface area contributed by atoms with Crippen LogP contribution in [0.15, 0.2) is 53.1 Å². The molecule has 2 aromatic carbocycles. The van der Waals surface area contributed by atoms with Gasteiger partial charge in [0.1, 0.15) is 30.1 Å². The van der Waals surface area contributed by atoms with Gasteiger partial charge < -0.3 is 4.42 Å². The predicted molar refractivity (Wildman–Crippen MR) is 89.7 cm³/mol. The van der Waals surface area contributed by atoms with Gasteiger partial charge in [0.25, 0.3) is 0 Å². The molecule has 0 amide bonds. The monoisotopic (exact) mass is 317 g/mol. The Morgan fingerprint density at radius 3 is 2.71 bits per heavy atom. The molecule has 0 aliphatic rings. The summed E-state index contributed by atoms with van der Waals surface area (Å²) in [6.45, 7) is 1.95. The Hall–Kier alpha value is -3.19. The summed E-state index contributed by atoms with van der Waals surface area (Å²) in [4.78, 5) is 0. The Morgan fingerprint density at radius 1 is 1.12 bits per heavy atom. The van der Waals surface area contributed by atoms with Gasteiger partial charge in [0.05, 0.1) is 11.1 Å². The summed E-state index contributed by atoms with van der Waals surface area (Å²) in [7, 11) is 1.94. The van der Waals surface area contributed by atoms with Gasteiger partial charge in [-0.3, -0.25) is 0 Å². The number of aromatic nitrogens is 1. The first-order chi connectivity index (χ1) is 11.6. The van der Waals surface area contributed by atoms with Gasteiger partial charge in [0, 0.05) is 22.9 Å². The zero-order chi connectivity index (χ0) is 16.8. The lowest BCUT2D eigenvalue weighted by molar-refractivity contribution is -0.660. The van der Waals surface area contributed by atoms with E-state index in [1.54, 1.807) is 6.07 Å². The lowest BCUT2D eigenvalue weighted by Gasteiger charge is -2.07. The molecule has 4 aromatic rings. The fraction of sp³-hybridized carbons (Fsp3) is 0.100. The van der Waals surface area contributed by atoms with E-state index in [0.29, 0.717) is 27.5 Å². The van der Waals surface area contributed by atoms with Crippen LogP contribution in [0.3, 0.4) is 0 Å². The van der Waals surface area contributed by atoms with Gasteiger partial charge in [-0.1, -0.05) is 0 Å². The van der Waals surface area contributed by atoms with Crippen molar-refractivity contribution in [1.82, 2.24) is 0 Å². The first-order valence-corrected chi connectivity index (χ1v) is 7.60. The number of aryl methyl sites for hydroxylation is 2. The maximum absolute atomic E-state index is 13.7. The summed E-state index contributed by atoms with van der Waals surface area (Å²) in [6, 6.07) is 14.5. The van der Waals surface area contributed by atoms with Crippen molar-refractivity contribution in [3.8, 4) is 17.3 Å². The van der Waals surface area contributed by atoms with Crippen molar-refractivity contribution in [3.05, 3.63) is 65.6 Å². The smallest absolute Gasteiger partial charge is 0.213 e. The Bertz CT molecular complexity index is 1150. The average Bonchev–Trinajstić information content (AvgIpc) is 2.91. The minimum atomic E-state index is -0.346. The van der Waals surface area contributed by atoms with Crippen molar-refractivity contribution in [1.29, 1.82) is 5.26 Å². The molecule has 0 unspecified atom stereocenters. The molecule has 4 heteroatoms. The molecule has 0 saturated heterocycles. The van der Waals surface area contributed by atoms with Crippen molar-refractivity contribution in [2.75, 3.05) is 0 Å². The number of furan rings is 1. The van der Waals surface area contributed by atoms with E-state index in [0.717, 1.165) is 16.8 Å². The third kappa shape index (κ3) is 1.99. The molecule has 116 valence electrons. The lowest BCUT2D eigenvalue weighted by atomic mass is 9.94. The van der Waals surface area contributed by atoms with Crippen molar-refractivity contribution in [2.45, 2.75) is 6.92 Å². The topological polar surface area (TPSA) is 40.8 Å². The van der Waals surface area contributed by atoms with E-state index in [9.17, 15) is 9.65 Å². The summed E-state index contributed by atoms with van der Waals surface area (Å²) < 4.78 is 21.5. The Kier molecular flexibility index (Phi) is 3.10. The van der Waals surface area contributed by atoms with E-state index in [-0.39, 0.29) is 5.82 Å². The minimum absolute atomic E-state index is 0.346. The second-order valence-electron chi connectivity index (χ2n) is 5.87. The molecule has 0 spiro atoms. The standard InChI is InChI=1S/C20H14FN2O/c1-12-9-18-20(14-10-13(21)6-7-17(14)24-18)15(11-22)19(12)16-5-3-4-8-23(16)2/h3-10H,1-2H3/q+1. The number of hydrogen-bond acceptors (Lipinski definition) is 2. The third-order valence-electron chi connectivity index (χ3n) is 4.34. The predicted octanol–water partition coefficient (Wildman–Crippen LogP) is 4.40. The molecular weight excluding hydrogens is 303 g/mol. The van der Waals surface area contributed by atoms with Crippen LogP contribution in [-0.2, 0) is 7.05 Å². The van der Waals surface area contributed by atoms with E-state index in [2.05, 4.69) is 6.07 Å². The van der Waals surface area contributed by atoms with Crippen LogP contribution in [0.5, 0.6) is 0 Å². The number of nitrogens with zero attached hydrogens (tertiary/aromatic N) is 2. The van der Waals surface area contributed by atoms with Crippen LogP contribution in [0.4, 0.5) is 4.39 Å². The zero-order valence-corrected chi connectivity index (χ0v) is 13.3. The molecule has 24 heavy (non-hydrogen) atoms. The molecule has 0 bridgehead atoms. The molecule has 0 aliphatic heterocycles. The van der Waals surface area contributed by atoms with Crippen molar-refractivity contribution in [2.24, 2.45) is 7.05 Å². The zero-order valence-electron chi connectivity index (χ0n) is 13.3. The van der Waals surface area contributed by atoms with Crippen LogP contribution < -0.4 is 4.57 Å². The molecule has 0 aliphatic carbocycles. The lowest BCUT2D eigenvalue weighted by Crippen LogP contribution is -2.30. The van der Waals surface area contributed by atoms with Crippen LogP contribution in [0, 0.1) is 24.1 Å². The summed E-state index contributed by atoms with van der Waals surface area (Å²) >= 11 is 0. The highest BCUT2D eigenvalue weighted by molar-refractivity contribution is 6.10. The quantitative estimate of drug-likeness (QED) is 0.488. The Morgan fingerprint density at radius 2 is 1.96 bits per heavy atom. The van der Waals surface area contributed by atoms with Crippen LogP contribution >= 0.6 is 0 Å². The van der Waals surface area contributed by atoms with Crippen LogP contribution in [0.25, 0.3) is 33.2 Å². The van der Waals surface area contributed by atoms with E-state index >= 15 is 0 Å². The minimum Gasteiger partial charge on any atom is -0.456 e. The molecule has 0 fully saturated rings. The number of nitriles is 1. The fourth-order valence-electron chi connectivity index (χ4n) is 3.26. The molecule has 2 heterocycles. The van der Waals surface area contributed by atoms with Gasteiger partial charge in [0.15, 0.2) is 6.20 Å². The van der Waals surface area contributed by atoms with Crippen LogP contribution in [-0.4, -0.2) is 0 Å². The second kappa shape index (κ2) is 5.17. The highest BCUT2D eigenvalue weighted by atomic mass is 19.1. The van der Waals surface area contributed by atoms with E-state index in [1.807, 2.05) is 49.0 Å². The number of fused-ring (bicyclic) bond motifs is 3. The number of halogens is 1. The van der Waals surface area contributed by atoms with Crippen molar-refractivity contribution in [3.63, 3.8) is 0 Å². The van der Waals surface area contributed by atoms with Crippen LogP contribution in [0.2, 0.25) is 0 Å². The molecule has 3 nitrogen and oxygen atoms in total. The number of benzene rings is 2. The Balaban J connectivity index is 2.21. The molecule has 0 atom stereocenters. The summed E-state index contributed by atoms with van der Waals surface area (Å²) in [5.74, 6) is -0.346. The first kappa shape index (κ1) is 14.4. The fourth-order valence-corrected chi connectivity index (χ4v) is 3.26. The van der Waals surface area contributed by atoms with Gasteiger partial charge in [-0.15, -0.1) is 0 Å².